The van der Waals surface area contributed by atoms with Gasteiger partial charge < -0.3 is 10.1 Å². The van der Waals surface area contributed by atoms with E-state index in [1.807, 2.05) is 4.68 Å². The predicted molar refractivity (Wildman–Crippen MR) is 111 cm³/mol. The lowest BCUT2D eigenvalue weighted by molar-refractivity contribution is -0.156. The summed E-state index contributed by atoms with van der Waals surface area (Å²) in [5.74, 6) is 1.10. The molecule has 4 aliphatic carbocycles. The molecule has 158 valence electrons. The van der Waals surface area contributed by atoms with Crippen molar-refractivity contribution < 1.29 is 9.53 Å². The highest BCUT2D eigenvalue weighted by Crippen LogP contribution is 2.64. The first-order valence-corrected chi connectivity index (χ1v) is 11.3. The van der Waals surface area contributed by atoms with Gasteiger partial charge in [0.25, 0.3) is 0 Å². The predicted octanol–water partition coefficient (Wildman–Crippen LogP) is 1.90. The van der Waals surface area contributed by atoms with Crippen molar-refractivity contribution in [3.8, 4) is 0 Å². The van der Waals surface area contributed by atoms with Gasteiger partial charge in [-0.05, 0) is 87.0 Å². The quantitative estimate of drug-likeness (QED) is 0.488. The SMILES string of the molecule is O=C(NNC(=S)NC[C@@H]1CCCO1)C12C[C@H]3C[C@@H](C1)CC(n1cnc(Cl)n1)(C3)C2. The van der Waals surface area contributed by atoms with Gasteiger partial charge in [0.15, 0.2) is 5.11 Å². The Balaban J connectivity index is 1.24. The number of hydrogen-bond donors (Lipinski definition) is 3. The van der Waals surface area contributed by atoms with Crippen molar-refractivity contribution in [1.82, 2.24) is 30.9 Å². The topological polar surface area (TPSA) is 93.1 Å². The molecule has 1 saturated heterocycles. The summed E-state index contributed by atoms with van der Waals surface area (Å²) in [6.07, 6.45) is 9.99. The highest BCUT2D eigenvalue weighted by molar-refractivity contribution is 7.80. The summed E-state index contributed by atoms with van der Waals surface area (Å²) in [6, 6.07) is 0. The van der Waals surface area contributed by atoms with Crippen LogP contribution in [0.1, 0.15) is 51.4 Å². The van der Waals surface area contributed by atoms with Crippen LogP contribution >= 0.6 is 23.8 Å². The standard InChI is InChI=1S/C19H27ClN6O2S/c20-16-22-11-26(25-16)19-7-12-4-13(8-19)6-18(5-12,10-19)15(27)23-24-17(29)21-9-14-2-1-3-28-14/h11-14H,1-10H2,(H,23,27)(H2,21,24,29)/t12-,13+,14-,18?,19?/m0/s1. The highest BCUT2D eigenvalue weighted by atomic mass is 35.5. The number of carbonyl (C=O) groups is 1. The number of amides is 1. The third-order valence-electron chi connectivity index (χ3n) is 7.27. The average Bonchev–Trinajstić information content (AvgIpc) is 3.35. The van der Waals surface area contributed by atoms with Crippen LogP contribution in [0.2, 0.25) is 5.28 Å². The molecular formula is C19H27ClN6O2S. The molecule has 1 aromatic rings. The van der Waals surface area contributed by atoms with Gasteiger partial charge in [0.1, 0.15) is 6.33 Å². The lowest BCUT2D eigenvalue weighted by atomic mass is 9.46. The number of halogens is 1. The Morgan fingerprint density at radius 2 is 2.10 bits per heavy atom. The summed E-state index contributed by atoms with van der Waals surface area (Å²) in [4.78, 5) is 17.4. The van der Waals surface area contributed by atoms with E-state index in [-0.39, 0.29) is 28.2 Å². The molecule has 2 unspecified atom stereocenters. The zero-order valence-corrected chi connectivity index (χ0v) is 17.9. The summed E-state index contributed by atoms with van der Waals surface area (Å²) in [6.45, 7) is 1.47. The lowest BCUT2D eigenvalue weighted by Crippen LogP contribution is -2.63. The van der Waals surface area contributed by atoms with Crippen LogP contribution in [0.4, 0.5) is 0 Å². The van der Waals surface area contributed by atoms with Gasteiger partial charge in [0.05, 0.1) is 17.1 Å². The van der Waals surface area contributed by atoms with Gasteiger partial charge in [-0.1, -0.05) is 0 Å². The zero-order valence-electron chi connectivity index (χ0n) is 16.3. The molecule has 1 aliphatic heterocycles. The van der Waals surface area contributed by atoms with Crippen molar-refractivity contribution in [1.29, 1.82) is 0 Å². The fraction of sp³-hybridized carbons (Fsp3) is 0.789. The molecule has 0 radical (unpaired) electrons. The second-order valence-electron chi connectivity index (χ2n) is 9.35. The Morgan fingerprint density at radius 3 is 2.76 bits per heavy atom. The van der Waals surface area contributed by atoms with E-state index in [0.717, 1.165) is 51.6 Å². The van der Waals surface area contributed by atoms with Gasteiger partial charge in [-0.25, -0.2) is 9.67 Å². The summed E-state index contributed by atoms with van der Waals surface area (Å²) in [5, 5.41) is 8.24. The number of aromatic nitrogens is 3. The van der Waals surface area contributed by atoms with Gasteiger partial charge >= 0.3 is 0 Å². The van der Waals surface area contributed by atoms with Gasteiger partial charge in [-0.2, -0.15) is 0 Å². The zero-order chi connectivity index (χ0) is 20.1. The van der Waals surface area contributed by atoms with Gasteiger partial charge in [0.2, 0.25) is 11.2 Å². The fourth-order valence-electron chi connectivity index (χ4n) is 6.52. The van der Waals surface area contributed by atoms with Gasteiger partial charge in [-0.3, -0.25) is 15.6 Å². The van der Waals surface area contributed by atoms with Crippen LogP contribution in [-0.2, 0) is 15.1 Å². The van der Waals surface area contributed by atoms with E-state index < -0.39 is 0 Å². The molecule has 10 heteroatoms. The van der Waals surface area contributed by atoms with Crippen molar-refractivity contribution in [3.05, 3.63) is 11.6 Å². The van der Waals surface area contributed by atoms with Crippen LogP contribution in [0.15, 0.2) is 6.33 Å². The minimum atomic E-state index is -0.389. The van der Waals surface area contributed by atoms with Crippen LogP contribution in [0, 0.1) is 17.3 Å². The second-order valence-corrected chi connectivity index (χ2v) is 10.1. The first-order chi connectivity index (χ1) is 14.0. The maximum absolute atomic E-state index is 13.3. The van der Waals surface area contributed by atoms with E-state index in [1.165, 1.54) is 6.42 Å². The molecule has 0 spiro atoms. The van der Waals surface area contributed by atoms with E-state index in [9.17, 15) is 4.79 Å². The third kappa shape index (κ3) is 3.61. The summed E-state index contributed by atoms with van der Waals surface area (Å²) in [5.41, 5.74) is 5.24. The fourth-order valence-corrected chi connectivity index (χ4v) is 6.78. The molecule has 6 rings (SSSR count). The number of hydrogen-bond acceptors (Lipinski definition) is 5. The largest absolute Gasteiger partial charge is 0.376 e. The minimum Gasteiger partial charge on any atom is -0.376 e. The van der Waals surface area contributed by atoms with E-state index in [2.05, 4.69) is 26.3 Å². The summed E-state index contributed by atoms with van der Waals surface area (Å²) in [7, 11) is 0. The number of hydrazine groups is 1. The van der Waals surface area contributed by atoms with Crippen molar-refractivity contribution in [2.24, 2.45) is 17.3 Å². The third-order valence-corrected chi connectivity index (χ3v) is 7.69. The first kappa shape index (κ1) is 19.5. The monoisotopic (exact) mass is 438 g/mol. The van der Waals surface area contributed by atoms with Crippen molar-refractivity contribution in [2.45, 2.75) is 63.0 Å². The Bertz CT molecular complexity index is 796. The maximum Gasteiger partial charge on any atom is 0.244 e. The Hall–Kier alpha value is -1.45. The number of ether oxygens (including phenoxy) is 1. The summed E-state index contributed by atoms with van der Waals surface area (Å²) >= 11 is 11.3. The van der Waals surface area contributed by atoms with E-state index in [1.54, 1.807) is 6.33 Å². The Labute approximate surface area is 180 Å². The number of nitrogens with one attached hydrogen (secondary N) is 3. The van der Waals surface area contributed by atoms with E-state index in [4.69, 9.17) is 28.6 Å². The number of nitrogens with zero attached hydrogens (tertiary/aromatic N) is 3. The molecule has 1 amide bonds. The van der Waals surface area contributed by atoms with Crippen molar-refractivity contribution in [2.75, 3.05) is 13.2 Å². The first-order valence-electron chi connectivity index (χ1n) is 10.5. The number of rotatable bonds is 4. The number of carbonyl (C=O) groups excluding carboxylic acids is 1. The van der Waals surface area contributed by atoms with E-state index >= 15 is 0 Å². The second kappa shape index (κ2) is 7.35. The molecule has 5 atom stereocenters. The normalized spacial score (nSPS) is 37.5. The smallest absolute Gasteiger partial charge is 0.244 e. The number of thiocarbonyl (C=S) groups is 1. The molecule has 2 heterocycles. The van der Waals surface area contributed by atoms with Crippen LogP contribution in [0.5, 0.6) is 0 Å². The van der Waals surface area contributed by atoms with Crippen molar-refractivity contribution in [3.63, 3.8) is 0 Å². The van der Waals surface area contributed by atoms with Crippen LogP contribution in [0.25, 0.3) is 0 Å². The van der Waals surface area contributed by atoms with Gasteiger partial charge in [-0.15, -0.1) is 5.10 Å². The summed E-state index contributed by atoms with van der Waals surface area (Å²) < 4.78 is 7.52. The molecule has 1 aromatic heterocycles. The lowest BCUT2D eigenvalue weighted by Gasteiger charge is -2.60. The Morgan fingerprint density at radius 1 is 1.31 bits per heavy atom. The minimum absolute atomic E-state index is 0.0310. The van der Waals surface area contributed by atoms with Crippen LogP contribution in [-0.4, -0.2) is 45.0 Å². The maximum atomic E-state index is 13.3. The molecule has 29 heavy (non-hydrogen) atoms. The van der Waals surface area contributed by atoms with Crippen LogP contribution < -0.4 is 16.2 Å². The highest BCUT2D eigenvalue weighted by Gasteiger charge is 2.61. The van der Waals surface area contributed by atoms with Crippen LogP contribution in [0.3, 0.4) is 0 Å². The molecule has 3 N–H and O–H groups in total. The Kier molecular flexibility index (Phi) is 4.95. The van der Waals surface area contributed by atoms with Crippen molar-refractivity contribution >= 4 is 34.8 Å². The molecule has 5 aliphatic rings. The van der Waals surface area contributed by atoms with E-state index in [0.29, 0.717) is 23.5 Å². The van der Waals surface area contributed by atoms with Gasteiger partial charge in [0, 0.05) is 13.2 Å². The molecule has 4 bridgehead atoms. The average molecular weight is 439 g/mol. The molecule has 8 nitrogen and oxygen atoms in total. The molecule has 5 fully saturated rings. The molecule has 0 aromatic carbocycles. The molecule has 4 saturated carbocycles. The molecular weight excluding hydrogens is 412 g/mol.